The molecule has 3 aliphatic rings. The fourth-order valence-electron chi connectivity index (χ4n) is 15.5. The Morgan fingerprint density at radius 3 is 0.947 bits per heavy atom. The lowest BCUT2D eigenvalue weighted by Gasteiger charge is -2.48. The number of ether oxygens (including phenoxy) is 6. The molecule has 660 valence electrons. The van der Waals surface area contributed by atoms with Gasteiger partial charge in [0, 0.05) is 6.42 Å². The van der Waals surface area contributed by atoms with E-state index in [2.05, 4.69) is 79.9 Å². The summed E-state index contributed by atoms with van der Waals surface area (Å²) in [6.45, 7) is 1.75. The molecule has 3 heterocycles. The number of hydrogen-bond donors (Lipinski definition) is 12. The van der Waals surface area contributed by atoms with E-state index in [0.717, 1.165) is 57.8 Å². The van der Waals surface area contributed by atoms with Crippen LogP contribution >= 0.6 is 0 Å². The normalized spacial score (nSPS) is 25.1. The van der Waals surface area contributed by atoms with E-state index in [1.807, 2.05) is 6.08 Å². The summed E-state index contributed by atoms with van der Waals surface area (Å²) in [4.78, 5) is 13.5. The number of carbonyl (C=O) groups is 1. The van der Waals surface area contributed by atoms with Crippen molar-refractivity contribution >= 4 is 5.91 Å². The van der Waals surface area contributed by atoms with E-state index in [-0.39, 0.29) is 18.9 Å². The van der Waals surface area contributed by atoms with Crippen molar-refractivity contribution in [2.45, 2.75) is 491 Å². The minimum Gasteiger partial charge on any atom is -0.394 e. The maximum absolute atomic E-state index is 13.5. The van der Waals surface area contributed by atoms with Gasteiger partial charge in [0.15, 0.2) is 18.9 Å². The molecule has 3 saturated heterocycles. The van der Waals surface area contributed by atoms with Crippen LogP contribution in [0.1, 0.15) is 386 Å². The molecule has 19 heteroatoms. The summed E-state index contributed by atoms with van der Waals surface area (Å²) in [6, 6.07) is -1.00. The fraction of sp³-hybridized carbons (Fsp3) is 0.862. The molecular weight excluding hydrogens is 1430 g/mol. The number of aliphatic hydroxyl groups excluding tert-OH is 11. The van der Waals surface area contributed by atoms with Crippen molar-refractivity contribution < 1.29 is 89.4 Å². The van der Waals surface area contributed by atoms with Crippen LogP contribution in [0, 0.1) is 0 Å². The highest BCUT2D eigenvalue weighted by Crippen LogP contribution is 2.34. The highest BCUT2D eigenvalue weighted by Gasteiger charge is 2.54. The van der Waals surface area contributed by atoms with Crippen LogP contribution in [0.5, 0.6) is 0 Å². The molecule has 0 saturated carbocycles. The lowest BCUT2D eigenvalue weighted by Crippen LogP contribution is -2.66. The van der Waals surface area contributed by atoms with E-state index >= 15 is 0 Å². The third-order valence-electron chi connectivity index (χ3n) is 23.0. The molecule has 0 spiro atoms. The Labute approximate surface area is 687 Å². The third kappa shape index (κ3) is 51.5. The summed E-state index contributed by atoms with van der Waals surface area (Å²) in [7, 11) is 0. The van der Waals surface area contributed by atoms with Crippen molar-refractivity contribution in [3.05, 3.63) is 72.9 Å². The first-order valence-corrected chi connectivity index (χ1v) is 46.7. The lowest BCUT2D eigenvalue weighted by atomic mass is 9.96. The maximum Gasteiger partial charge on any atom is 0.220 e. The van der Waals surface area contributed by atoms with Gasteiger partial charge >= 0.3 is 0 Å². The number of unbranched alkanes of at least 4 members (excludes halogenated alkanes) is 50. The number of aliphatic hydroxyl groups is 11. The zero-order valence-electron chi connectivity index (χ0n) is 71.4. The van der Waals surface area contributed by atoms with Crippen LogP contribution in [0.15, 0.2) is 72.9 Å². The molecule has 0 aromatic heterocycles. The van der Waals surface area contributed by atoms with Gasteiger partial charge in [-0.05, 0) is 83.5 Å². The van der Waals surface area contributed by atoms with Crippen molar-refractivity contribution in [2.75, 3.05) is 26.4 Å². The first-order chi connectivity index (χ1) is 55.3. The lowest BCUT2D eigenvalue weighted by molar-refractivity contribution is -0.379. The van der Waals surface area contributed by atoms with Gasteiger partial charge in [-0.15, -0.1) is 0 Å². The zero-order valence-corrected chi connectivity index (χ0v) is 71.4. The molecule has 12 N–H and O–H groups in total. The molecule has 19 nitrogen and oxygen atoms in total. The van der Waals surface area contributed by atoms with Gasteiger partial charge in [0.2, 0.25) is 5.91 Å². The Morgan fingerprint density at radius 1 is 0.319 bits per heavy atom. The van der Waals surface area contributed by atoms with E-state index < -0.39 is 124 Å². The molecule has 0 aromatic rings. The highest BCUT2D eigenvalue weighted by molar-refractivity contribution is 5.76. The van der Waals surface area contributed by atoms with Gasteiger partial charge in [-0.1, -0.05) is 369 Å². The number of carbonyl (C=O) groups excluding carboxylic acids is 1. The van der Waals surface area contributed by atoms with Crippen LogP contribution in [0.4, 0.5) is 0 Å². The van der Waals surface area contributed by atoms with Gasteiger partial charge in [-0.3, -0.25) is 4.79 Å². The van der Waals surface area contributed by atoms with Crippen LogP contribution in [-0.4, -0.2) is 193 Å². The minimum absolute atomic E-state index is 0.232. The summed E-state index contributed by atoms with van der Waals surface area (Å²) in [6.07, 6.45) is 72.1. The second-order valence-corrected chi connectivity index (χ2v) is 33.1. The molecule has 0 bridgehead atoms. The molecule has 17 unspecified atom stereocenters. The van der Waals surface area contributed by atoms with E-state index in [4.69, 9.17) is 28.4 Å². The van der Waals surface area contributed by atoms with Gasteiger partial charge in [-0.25, -0.2) is 0 Å². The zero-order chi connectivity index (χ0) is 81.7. The Morgan fingerprint density at radius 2 is 0.593 bits per heavy atom. The van der Waals surface area contributed by atoms with Crippen molar-refractivity contribution in [1.82, 2.24) is 5.32 Å². The first kappa shape index (κ1) is 104. The molecular formula is C94H171NO18. The van der Waals surface area contributed by atoms with E-state index in [1.165, 1.54) is 295 Å². The third-order valence-corrected chi connectivity index (χ3v) is 23.0. The van der Waals surface area contributed by atoms with Crippen LogP contribution in [0.25, 0.3) is 0 Å². The molecule has 17 atom stereocenters. The molecule has 3 fully saturated rings. The van der Waals surface area contributed by atoms with Crippen molar-refractivity contribution in [2.24, 2.45) is 0 Å². The highest BCUT2D eigenvalue weighted by atomic mass is 16.8. The first-order valence-electron chi connectivity index (χ1n) is 46.7. The average molecular weight is 1600 g/mol. The molecule has 3 rings (SSSR count). The second kappa shape index (κ2) is 73.2. The van der Waals surface area contributed by atoms with E-state index in [9.17, 15) is 61.0 Å². The van der Waals surface area contributed by atoms with Crippen molar-refractivity contribution in [3.63, 3.8) is 0 Å². The van der Waals surface area contributed by atoms with Crippen LogP contribution < -0.4 is 5.32 Å². The molecule has 3 aliphatic heterocycles. The van der Waals surface area contributed by atoms with Crippen LogP contribution in [-0.2, 0) is 33.2 Å². The molecule has 0 radical (unpaired) electrons. The van der Waals surface area contributed by atoms with Crippen LogP contribution in [0.3, 0.4) is 0 Å². The monoisotopic (exact) mass is 1600 g/mol. The van der Waals surface area contributed by atoms with Gasteiger partial charge in [-0.2, -0.15) is 0 Å². The Bertz CT molecular complexity index is 2320. The van der Waals surface area contributed by atoms with E-state index in [0.29, 0.717) is 12.8 Å². The average Bonchev–Trinajstić information content (AvgIpc) is 0.780. The van der Waals surface area contributed by atoms with E-state index in [1.54, 1.807) is 6.08 Å². The second-order valence-electron chi connectivity index (χ2n) is 33.1. The molecule has 1 amide bonds. The summed E-state index contributed by atoms with van der Waals surface area (Å²) in [5, 5.41) is 121. The molecule has 0 aromatic carbocycles. The number of allylic oxidation sites excluding steroid dienone is 11. The Hall–Kier alpha value is -2.77. The number of hydrogen-bond acceptors (Lipinski definition) is 18. The summed E-state index contributed by atoms with van der Waals surface area (Å²) in [5.74, 6) is -0.284. The van der Waals surface area contributed by atoms with Gasteiger partial charge in [0.05, 0.1) is 38.6 Å². The van der Waals surface area contributed by atoms with Gasteiger partial charge < -0.3 is 89.9 Å². The van der Waals surface area contributed by atoms with Crippen molar-refractivity contribution in [3.8, 4) is 0 Å². The summed E-state index contributed by atoms with van der Waals surface area (Å²) >= 11 is 0. The largest absolute Gasteiger partial charge is 0.394 e. The number of rotatable bonds is 76. The smallest absolute Gasteiger partial charge is 0.220 e. The quantitative estimate of drug-likeness (QED) is 0.0199. The summed E-state index contributed by atoms with van der Waals surface area (Å²) < 4.78 is 34.5. The topological polar surface area (TPSA) is 307 Å². The predicted molar refractivity (Wildman–Crippen MR) is 457 cm³/mol. The van der Waals surface area contributed by atoms with Crippen molar-refractivity contribution in [1.29, 1.82) is 0 Å². The number of amides is 1. The maximum atomic E-state index is 13.5. The SMILES string of the molecule is CCCCCCC/C=C\C/C=C\C/C=C\CCCCCCCCCCCCCCCCCCCCCCC(=O)NC(COC1OC(CO)C(OC2OC(CO)C(OC3OC(CO)C(O)C(O)C3O)C(O)C2O)C(O)C1O)C(O)/C=C/CC/C=C/CC/C=C/CCCCCCCCCCCCCCCCCCCCCCCCC. The Kier molecular flexibility index (Phi) is 67.6. The van der Waals surface area contributed by atoms with Crippen LogP contribution in [0.2, 0.25) is 0 Å². The molecule has 0 aliphatic carbocycles. The standard InChI is InChI=1S/C94H171NO18/c1-3-5-7-9-11-13-15-17-19-21-23-25-27-29-31-33-35-37-38-40-42-44-46-48-50-52-54-56-58-60-62-64-66-68-70-72-82(100)95-77(78(99)71-69-67-65-63-61-59-57-55-53-51-49-47-45-43-41-39-36-34-32-30-28-26-24-22-20-18-16-14-12-10-8-6-4-2)76-108-92-88(106)85(103)90(80(74-97)110-92)113-94-89(107)86(104)91(81(75-98)111-94)112-93-87(105)84(102)83(101)79(73-96)109-93/h15,17,21,23,27,29,53,55,61,63,69,71,77-81,83-94,96-99,101-107H,3-14,16,18-20,22,24-26,28,30-52,54,56-60,62,64-68,70,72-76H2,1-2H3,(H,95,100)/b17-15-,23-21-,29-27-,55-53+,63-61+,71-69+. The number of nitrogens with one attached hydrogen (secondary N) is 1. The minimum atomic E-state index is -1.99. The summed E-state index contributed by atoms with van der Waals surface area (Å²) in [5.41, 5.74) is 0. The van der Waals surface area contributed by atoms with Gasteiger partial charge in [0.1, 0.15) is 73.2 Å². The Balaban J connectivity index is 1.33. The predicted octanol–water partition coefficient (Wildman–Crippen LogP) is 18.3. The fourth-order valence-corrected chi connectivity index (χ4v) is 15.5. The molecule has 113 heavy (non-hydrogen) atoms. The van der Waals surface area contributed by atoms with Gasteiger partial charge in [0.25, 0.3) is 0 Å².